The van der Waals surface area contributed by atoms with E-state index in [0.717, 1.165) is 12.8 Å². The van der Waals surface area contributed by atoms with Gasteiger partial charge >= 0.3 is 0 Å². The van der Waals surface area contributed by atoms with Gasteiger partial charge in [-0.3, -0.25) is 9.59 Å². The van der Waals surface area contributed by atoms with Gasteiger partial charge in [0.15, 0.2) is 6.10 Å². The third-order valence-electron chi connectivity index (χ3n) is 2.60. The van der Waals surface area contributed by atoms with Crippen molar-refractivity contribution in [1.82, 2.24) is 0 Å². The van der Waals surface area contributed by atoms with E-state index < -0.39 is 36.2 Å². The first-order chi connectivity index (χ1) is 9.32. The molecule has 0 fully saturated rings. The summed E-state index contributed by atoms with van der Waals surface area (Å²) in [7, 11) is 0. The molecular weight excluding hydrogens is 268 g/mol. The van der Waals surface area contributed by atoms with Crippen LogP contribution in [0.3, 0.4) is 0 Å². The van der Waals surface area contributed by atoms with Gasteiger partial charge in [0.1, 0.15) is 12.2 Å². The van der Waals surface area contributed by atoms with Crippen molar-refractivity contribution < 1.29 is 29.6 Å². The highest BCUT2D eigenvalue weighted by atomic mass is 16.5. The largest absolute Gasteiger partial charge is 0.486 e. The summed E-state index contributed by atoms with van der Waals surface area (Å²) in [4.78, 5) is 21.9. The van der Waals surface area contributed by atoms with Gasteiger partial charge < -0.3 is 31.5 Å². The lowest BCUT2D eigenvalue weighted by atomic mass is 10.0. The van der Waals surface area contributed by atoms with Crippen LogP contribution in [-0.2, 0) is 14.3 Å². The van der Waals surface area contributed by atoms with Gasteiger partial charge in [0, 0.05) is 0 Å². The van der Waals surface area contributed by atoms with Crippen molar-refractivity contribution in [3.05, 3.63) is 12.3 Å². The first-order valence-corrected chi connectivity index (χ1v) is 6.26. The lowest BCUT2D eigenvalue weighted by molar-refractivity contribution is -0.152. The van der Waals surface area contributed by atoms with Gasteiger partial charge in [-0.15, -0.1) is 0 Å². The zero-order chi connectivity index (χ0) is 15.7. The fourth-order valence-electron chi connectivity index (χ4n) is 1.38. The van der Waals surface area contributed by atoms with Crippen LogP contribution in [0.1, 0.15) is 26.2 Å². The first-order valence-electron chi connectivity index (χ1n) is 6.26. The predicted octanol–water partition coefficient (Wildman–Crippen LogP) is -1.87. The molecule has 0 rings (SSSR count). The summed E-state index contributed by atoms with van der Waals surface area (Å²) in [5.41, 5.74) is 9.80. The highest BCUT2D eigenvalue weighted by Gasteiger charge is 2.37. The van der Waals surface area contributed by atoms with Gasteiger partial charge in [-0.2, -0.15) is 0 Å². The number of ether oxygens (including phenoxy) is 1. The minimum atomic E-state index is -2.03. The summed E-state index contributed by atoms with van der Waals surface area (Å²) in [6, 6.07) is 0. The number of rotatable bonds is 10. The van der Waals surface area contributed by atoms with E-state index >= 15 is 0 Å². The molecule has 0 aliphatic rings. The van der Waals surface area contributed by atoms with E-state index in [1.807, 2.05) is 6.92 Å². The quantitative estimate of drug-likeness (QED) is 0.234. The predicted molar refractivity (Wildman–Crippen MR) is 69.9 cm³/mol. The summed E-state index contributed by atoms with van der Waals surface area (Å²) in [6.07, 6.45) is -2.07. The van der Waals surface area contributed by atoms with Gasteiger partial charge in [0.05, 0.1) is 6.26 Å². The second kappa shape index (κ2) is 9.29. The first kappa shape index (κ1) is 18.4. The molecule has 4 atom stereocenters. The lowest BCUT2D eigenvalue weighted by Crippen LogP contribution is -2.53. The van der Waals surface area contributed by atoms with E-state index in [2.05, 4.69) is 0 Å². The van der Waals surface area contributed by atoms with Crippen molar-refractivity contribution in [2.75, 3.05) is 0 Å². The van der Waals surface area contributed by atoms with Gasteiger partial charge in [-0.25, -0.2) is 0 Å². The van der Waals surface area contributed by atoms with Crippen LogP contribution >= 0.6 is 0 Å². The SMILES string of the molecule is CCCC/C=C/O[C@@H](C(N)=O)[C@@H](O)[C@H](O)[C@H](O)C(N)=O. The maximum atomic E-state index is 11.2. The Labute approximate surface area is 117 Å². The Balaban J connectivity index is 4.62. The Hall–Kier alpha value is -1.64. The van der Waals surface area contributed by atoms with Gasteiger partial charge in [0.25, 0.3) is 5.91 Å². The molecule has 0 aliphatic carbocycles. The van der Waals surface area contributed by atoms with E-state index in [0.29, 0.717) is 6.42 Å². The highest BCUT2D eigenvalue weighted by Crippen LogP contribution is 2.09. The van der Waals surface area contributed by atoms with Crippen molar-refractivity contribution >= 4 is 11.8 Å². The summed E-state index contributed by atoms with van der Waals surface area (Å²) in [5, 5.41) is 28.4. The highest BCUT2D eigenvalue weighted by molar-refractivity contribution is 5.81. The molecule has 0 aromatic heterocycles. The summed E-state index contributed by atoms with van der Waals surface area (Å²) in [5.74, 6) is -2.29. The van der Waals surface area contributed by atoms with E-state index in [-0.39, 0.29) is 0 Å². The van der Waals surface area contributed by atoms with Crippen molar-refractivity contribution in [3.63, 3.8) is 0 Å². The molecule has 0 bridgehead atoms. The molecule has 116 valence electrons. The van der Waals surface area contributed by atoms with Crippen LogP contribution in [0.25, 0.3) is 0 Å². The molecule has 0 unspecified atom stereocenters. The normalized spacial score (nSPS) is 17.4. The number of hydrogen-bond acceptors (Lipinski definition) is 6. The smallest absolute Gasteiger partial charge is 0.261 e. The number of hydrogen-bond donors (Lipinski definition) is 5. The molecule has 0 radical (unpaired) electrons. The molecule has 2 amide bonds. The number of allylic oxidation sites excluding steroid dienone is 1. The number of amides is 2. The summed E-state index contributed by atoms with van der Waals surface area (Å²) in [6.45, 7) is 2.01. The van der Waals surface area contributed by atoms with E-state index in [9.17, 15) is 24.9 Å². The number of nitrogens with two attached hydrogens (primary N) is 2. The zero-order valence-corrected chi connectivity index (χ0v) is 11.3. The van der Waals surface area contributed by atoms with Gasteiger partial charge in [-0.1, -0.05) is 13.3 Å². The summed E-state index contributed by atoms with van der Waals surface area (Å²) >= 11 is 0. The lowest BCUT2D eigenvalue weighted by Gasteiger charge is -2.25. The summed E-state index contributed by atoms with van der Waals surface area (Å²) < 4.78 is 4.93. The fraction of sp³-hybridized carbons (Fsp3) is 0.667. The third kappa shape index (κ3) is 6.00. The molecule has 8 heteroatoms. The zero-order valence-electron chi connectivity index (χ0n) is 11.3. The van der Waals surface area contributed by atoms with Crippen LogP contribution in [0.15, 0.2) is 12.3 Å². The van der Waals surface area contributed by atoms with Crippen molar-refractivity contribution in [2.45, 2.75) is 50.6 Å². The minimum absolute atomic E-state index is 0.713. The number of carbonyl (C=O) groups excluding carboxylic acids is 2. The average molecular weight is 290 g/mol. The molecule has 0 aromatic rings. The Morgan fingerprint density at radius 2 is 1.75 bits per heavy atom. The molecule has 8 nitrogen and oxygen atoms in total. The average Bonchev–Trinajstić information content (AvgIpc) is 2.39. The maximum absolute atomic E-state index is 11.2. The Bertz CT molecular complexity index is 347. The molecule has 0 aliphatic heterocycles. The standard InChI is InChI=1S/C12H22N2O6/c1-2-3-4-5-6-20-10(12(14)19)8(16)7(15)9(17)11(13)18/h5-10,15-17H,2-4H2,1H3,(H2,13,18)(H2,14,19)/b6-5+/t7-,8-,9-,10+/m0/s1. The van der Waals surface area contributed by atoms with Crippen molar-refractivity contribution in [2.24, 2.45) is 11.5 Å². The Kier molecular flexibility index (Phi) is 8.53. The van der Waals surface area contributed by atoms with Gasteiger partial charge in [-0.05, 0) is 18.9 Å². The Morgan fingerprint density at radius 3 is 2.20 bits per heavy atom. The van der Waals surface area contributed by atoms with E-state index in [4.69, 9.17) is 16.2 Å². The van der Waals surface area contributed by atoms with Crippen LogP contribution in [0.2, 0.25) is 0 Å². The Morgan fingerprint density at radius 1 is 1.15 bits per heavy atom. The number of unbranched alkanes of at least 4 members (excludes halogenated alkanes) is 2. The maximum Gasteiger partial charge on any atom is 0.261 e. The second-order valence-electron chi connectivity index (χ2n) is 4.30. The van der Waals surface area contributed by atoms with Crippen molar-refractivity contribution in [1.29, 1.82) is 0 Å². The monoisotopic (exact) mass is 290 g/mol. The van der Waals surface area contributed by atoms with Crippen molar-refractivity contribution in [3.8, 4) is 0 Å². The van der Waals surface area contributed by atoms with Crippen LogP contribution < -0.4 is 11.5 Å². The number of carbonyl (C=O) groups is 2. The van der Waals surface area contributed by atoms with Gasteiger partial charge in [0.2, 0.25) is 12.0 Å². The van der Waals surface area contributed by atoms with Crippen LogP contribution in [-0.4, -0.2) is 51.5 Å². The van der Waals surface area contributed by atoms with E-state index in [1.54, 1.807) is 6.08 Å². The molecule has 0 spiro atoms. The van der Waals surface area contributed by atoms with Crippen LogP contribution in [0, 0.1) is 0 Å². The van der Waals surface area contributed by atoms with Crippen LogP contribution in [0.5, 0.6) is 0 Å². The molecule has 0 heterocycles. The second-order valence-corrected chi connectivity index (χ2v) is 4.30. The molecular formula is C12H22N2O6. The van der Waals surface area contributed by atoms with Crippen LogP contribution in [0.4, 0.5) is 0 Å². The topological polar surface area (TPSA) is 156 Å². The molecule has 0 saturated heterocycles. The molecule has 0 saturated carbocycles. The molecule has 20 heavy (non-hydrogen) atoms. The third-order valence-corrected chi connectivity index (χ3v) is 2.60. The number of aliphatic hydroxyl groups excluding tert-OH is 3. The molecule has 7 N–H and O–H groups in total. The number of primary amides is 2. The molecule has 0 aromatic carbocycles. The number of aliphatic hydroxyl groups is 3. The van der Waals surface area contributed by atoms with E-state index in [1.165, 1.54) is 6.26 Å². The minimum Gasteiger partial charge on any atom is -0.486 e. The fourth-order valence-corrected chi connectivity index (χ4v) is 1.38.